The number of benzene rings is 2. The molecule has 0 spiro atoms. The van der Waals surface area contributed by atoms with Crippen molar-refractivity contribution >= 4 is 23.4 Å². The van der Waals surface area contributed by atoms with Crippen molar-refractivity contribution in [3.63, 3.8) is 0 Å². The van der Waals surface area contributed by atoms with Gasteiger partial charge < -0.3 is 35.8 Å². The predicted molar refractivity (Wildman–Crippen MR) is 122 cm³/mol. The van der Waals surface area contributed by atoms with Crippen molar-refractivity contribution in [3.8, 4) is 5.75 Å². The first kappa shape index (κ1) is 25.2. The van der Waals surface area contributed by atoms with Crippen LogP contribution in [0.1, 0.15) is 19.3 Å². The van der Waals surface area contributed by atoms with Gasteiger partial charge >= 0.3 is 12.1 Å². The molecule has 4 amide bonds. The molecule has 5 N–H and O–H groups in total. The van der Waals surface area contributed by atoms with Gasteiger partial charge in [0.2, 0.25) is 0 Å². The fraction of sp³-hybridized carbons (Fsp3) is 0.391. The van der Waals surface area contributed by atoms with Gasteiger partial charge in [0, 0.05) is 18.3 Å². The van der Waals surface area contributed by atoms with Crippen LogP contribution in [0.25, 0.3) is 0 Å². The number of urea groups is 2. The molecule has 0 aliphatic carbocycles. The maximum Gasteiger partial charge on any atom is 0.319 e. The van der Waals surface area contributed by atoms with Crippen molar-refractivity contribution in [3.05, 3.63) is 54.1 Å². The lowest BCUT2D eigenvalue weighted by Crippen LogP contribution is -2.52. The van der Waals surface area contributed by atoms with Gasteiger partial charge in [-0.2, -0.15) is 0 Å². The summed E-state index contributed by atoms with van der Waals surface area (Å²) in [5.74, 6) is -0.734. The third kappa shape index (κ3) is 7.29. The van der Waals surface area contributed by atoms with Gasteiger partial charge in [-0.15, -0.1) is 0 Å². The summed E-state index contributed by atoms with van der Waals surface area (Å²) in [7, 11) is 1.56. The van der Waals surface area contributed by atoms with Gasteiger partial charge in [-0.3, -0.25) is 0 Å². The van der Waals surface area contributed by atoms with E-state index >= 15 is 0 Å². The first-order valence-corrected chi connectivity index (χ1v) is 10.9. The topological polar surface area (TPSA) is 121 Å². The number of carbonyl (C=O) groups excluding carboxylic acids is 2. The lowest BCUT2D eigenvalue weighted by atomic mass is 9.97. The first-order chi connectivity index (χ1) is 16.4. The molecule has 2 aromatic carbocycles. The zero-order chi connectivity index (χ0) is 24.5. The van der Waals surface area contributed by atoms with E-state index in [0.29, 0.717) is 30.7 Å². The molecule has 1 aliphatic heterocycles. The first-order valence-electron chi connectivity index (χ1n) is 10.9. The number of rotatable bonds is 8. The van der Waals surface area contributed by atoms with Crippen LogP contribution in [0.3, 0.4) is 0 Å². The fourth-order valence-corrected chi connectivity index (χ4v) is 3.63. The molecule has 2 aromatic rings. The average Bonchev–Trinajstić information content (AvgIpc) is 2.82. The Morgan fingerprint density at radius 2 is 1.85 bits per heavy atom. The Morgan fingerprint density at radius 3 is 2.56 bits per heavy atom. The molecule has 1 heterocycles. The highest BCUT2D eigenvalue weighted by Gasteiger charge is 2.31. The molecule has 34 heavy (non-hydrogen) atoms. The summed E-state index contributed by atoms with van der Waals surface area (Å²) in [5.41, 5.74) is 0.338. The Kier molecular flexibility index (Phi) is 9.00. The van der Waals surface area contributed by atoms with Crippen LogP contribution in [0.15, 0.2) is 42.5 Å². The van der Waals surface area contributed by atoms with E-state index in [1.807, 2.05) is 0 Å². The average molecular weight is 478 g/mol. The highest BCUT2D eigenvalue weighted by molar-refractivity contribution is 5.90. The third-order valence-corrected chi connectivity index (χ3v) is 5.39. The summed E-state index contributed by atoms with van der Waals surface area (Å²) in [6.07, 6.45) is 0.778. The molecule has 1 aliphatic rings. The van der Waals surface area contributed by atoms with Gasteiger partial charge in [0.15, 0.2) is 0 Å². The van der Waals surface area contributed by atoms with Gasteiger partial charge in [-0.1, -0.05) is 0 Å². The molecule has 3 rings (SSSR count). The minimum Gasteiger partial charge on any atom is -0.497 e. The van der Waals surface area contributed by atoms with Gasteiger partial charge in [-0.25, -0.2) is 18.4 Å². The highest BCUT2D eigenvalue weighted by Crippen LogP contribution is 2.22. The number of hydrogen-bond acceptors (Lipinski definition) is 5. The van der Waals surface area contributed by atoms with Crippen LogP contribution >= 0.6 is 0 Å². The van der Waals surface area contributed by atoms with Crippen molar-refractivity contribution in [1.29, 1.82) is 0 Å². The number of amides is 4. The molecule has 11 heteroatoms. The quantitative estimate of drug-likeness (QED) is 0.399. The molecular weight excluding hydrogens is 450 g/mol. The molecule has 0 radical (unpaired) electrons. The van der Waals surface area contributed by atoms with E-state index in [2.05, 4.69) is 21.3 Å². The van der Waals surface area contributed by atoms with Crippen LogP contribution in [0, 0.1) is 11.6 Å². The number of ether oxygens (including phenoxy) is 2. The molecule has 0 unspecified atom stereocenters. The van der Waals surface area contributed by atoms with Crippen LogP contribution in [0.2, 0.25) is 0 Å². The molecule has 0 saturated carbocycles. The smallest absolute Gasteiger partial charge is 0.319 e. The van der Waals surface area contributed by atoms with Gasteiger partial charge in [0.05, 0.1) is 31.5 Å². The second-order valence-electron chi connectivity index (χ2n) is 7.78. The Morgan fingerprint density at radius 1 is 1.09 bits per heavy atom. The maximum atomic E-state index is 13.6. The minimum atomic E-state index is -0.743. The van der Waals surface area contributed by atoms with Gasteiger partial charge in [0.25, 0.3) is 0 Å². The van der Waals surface area contributed by atoms with Crippen LogP contribution in [0.4, 0.5) is 29.7 Å². The Balaban J connectivity index is 1.40. The largest absolute Gasteiger partial charge is 0.497 e. The lowest BCUT2D eigenvalue weighted by Gasteiger charge is -2.36. The lowest BCUT2D eigenvalue weighted by molar-refractivity contribution is -0.0885. The van der Waals surface area contributed by atoms with E-state index in [4.69, 9.17) is 9.47 Å². The third-order valence-electron chi connectivity index (χ3n) is 5.39. The number of aliphatic hydroxyl groups excluding tert-OH is 1. The minimum absolute atomic E-state index is 0.224. The molecule has 1 saturated heterocycles. The summed E-state index contributed by atoms with van der Waals surface area (Å²) in [6, 6.07) is 8.18. The number of anilines is 2. The Hall–Kier alpha value is -3.44. The normalized spacial score (nSPS) is 19.7. The SMILES string of the molecule is COc1ccc(NC(=O)N[C@H]2CC[C@H](CCNC(=O)Nc3cc(F)ccc3F)O[C@@H]2CO)cc1. The molecule has 1 fully saturated rings. The Labute approximate surface area is 195 Å². The van der Waals surface area contributed by atoms with Crippen LogP contribution in [0.5, 0.6) is 5.75 Å². The maximum absolute atomic E-state index is 13.6. The van der Waals surface area contributed by atoms with Crippen molar-refractivity contribution < 1.29 is 33.0 Å². The number of nitrogens with one attached hydrogen (secondary N) is 4. The summed E-state index contributed by atoms with van der Waals surface area (Å²) >= 11 is 0. The number of carbonyl (C=O) groups is 2. The van der Waals surface area contributed by atoms with Crippen molar-refractivity contribution in [2.45, 2.75) is 37.5 Å². The second-order valence-corrected chi connectivity index (χ2v) is 7.78. The summed E-state index contributed by atoms with van der Waals surface area (Å²) in [5, 5.41) is 20.1. The molecule has 3 atom stereocenters. The van der Waals surface area contributed by atoms with Crippen molar-refractivity contribution in [2.75, 3.05) is 30.9 Å². The van der Waals surface area contributed by atoms with E-state index in [9.17, 15) is 23.5 Å². The molecule has 0 aromatic heterocycles. The van der Waals surface area contributed by atoms with E-state index in [1.165, 1.54) is 0 Å². The van der Waals surface area contributed by atoms with Crippen molar-refractivity contribution in [1.82, 2.24) is 10.6 Å². The van der Waals surface area contributed by atoms with E-state index in [1.54, 1.807) is 31.4 Å². The van der Waals surface area contributed by atoms with Crippen LogP contribution < -0.4 is 26.0 Å². The van der Waals surface area contributed by atoms with E-state index in [-0.39, 0.29) is 31.0 Å². The number of methoxy groups -OCH3 is 1. The summed E-state index contributed by atoms with van der Waals surface area (Å²) in [4.78, 5) is 24.3. The molecule has 9 nitrogen and oxygen atoms in total. The number of halogens is 2. The number of aliphatic hydroxyl groups is 1. The second kappa shape index (κ2) is 12.1. The van der Waals surface area contributed by atoms with Crippen LogP contribution in [-0.4, -0.2) is 55.7 Å². The Bertz CT molecular complexity index is 976. The highest BCUT2D eigenvalue weighted by atomic mass is 19.1. The van der Waals surface area contributed by atoms with Crippen LogP contribution in [-0.2, 0) is 4.74 Å². The number of hydrogen-bond donors (Lipinski definition) is 5. The summed E-state index contributed by atoms with van der Waals surface area (Å²) < 4.78 is 37.8. The fourth-order valence-electron chi connectivity index (χ4n) is 3.63. The molecular formula is C23H28F2N4O5. The zero-order valence-corrected chi connectivity index (χ0v) is 18.6. The molecule has 184 valence electrons. The van der Waals surface area contributed by atoms with E-state index in [0.717, 1.165) is 18.2 Å². The predicted octanol–water partition coefficient (Wildman–Crippen LogP) is 3.22. The van der Waals surface area contributed by atoms with E-state index < -0.39 is 29.8 Å². The van der Waals surface area contributed by atoms with Gasteiger partial charge in [-0.05, 0) is 55.7 Å². The molecule has 0 bridgehead atoms. The summed E-state index contributed by atoms with van der Waals surface area (Å²) in [6.45, 7) is -0.0572. The van der Waals surface area contributed by atoms with Gasteiger partial charge in [0.1, 0.15) is 23.5 Å². The standard InChI is InChI=1S/C23H28F2N4O5/c1-33-16-5-3-15(4-6-16)27-23(32)28-19-9-7-17(34-21(19)13-30)10-11-26-22(31)29-20-12-14(24)2-8-18(20)25/h2-6,8,12,17,19,21,30H,7,9-11,13H2,1H3,(H2,26,29,31)(H2,27,28,32)/t17-,19+,21-/m1/s1. The zero-order valence-electron chi connectivity index (χ0n) is 18.6. The van der Waals surface area contributed by atoms with Crippen molar-refractivity contribution in [2.24, 2.45) is 0 Å². The monoisotopic (exact) mass is 478 g/mol.